The highest BCUT2D eigenvalue weighted by atomic mass is 32.2. The van der Waals surface area contributed by atoms with E-state index in [-0.39, 0.29) is 5.82 Å². The highest BCUT2D eigenvalue weighted by molar-refractivity contribution is 8.17. The number of thiophene rings is 1. The summed E-state index contributed by atoms with van der Waals surface area (Å²) in [6.45, 7) is 4.00. The van der Waals surface area contributed by atoms with Gasteiger partial charge in [-0.05, 0) is 30.0 Å². The van der Waals surface area contributed by atoms with Crippen molar-refractivity contribution in [3.8, 4) is 0 Å². The van der Waals surface area contributed by atoms with Crippen molar-refractivity contribution in [1.29, 1.82) is 0 Å². The van der Waals surface area contributed by atoms with E-state index in [0.717, 1.165) is 46.7 Å². The van der Waals surface area contributed by atoms with E-state index in [0.29, 0.717) is 0 Å². The van der Waals surface area contributed by atoms with Crippen LogP contribution in [-0.4, -0.2) is 23.2 Å². The van der Waals surface area contributed by atoms with Crippen LogP contribution in [0.2, 0.25) is 0 Å². The molecule has 5 heteroatoms. The third-order valence-corrected chi connectivity index (χ3v) is 5.97. The average molecular weight is 318 g/mol. The number of rotatable bonds is 3. The van der Waals surface area contributed by atoms with E-state index in [2.05, 4.69) is 16.8 Å². The lowest BCUT2D eigenvalue weighted by Gasteiger charge is -2.18. The Kier molecular flexibility index (Phi) is 3.27. The molecule has 0 aliphatic carbocycles. The van der Waals surface area contributed by atoms with Crippen LogP contribution in [0.1, 0.15) is 25.3 Å². The quantitative estimate of drug-likeness (QED) is 0.797. The van der Waals surface area contributed by atoms with Crippen LogP contribution in [0.5, 0.6) is 0 Å². The minimum atomic E-state index is -0.131. The summed E-state index contributed by atoms with van der Waals surface area (Å²) in [5.74, 6) is -0.131. The molecule has 0 spiro atoms. The van der Waals surface area contributed by atoms with Gasteiger partial charge in [0.05, 0.1) is 12.2 Å². The van der Waals surface area contributed by atoms with E-state index in [9.17, 15) is 4.39 Å². The van der Waals surface area contributed by atoms with Crippen molar-refractivity contribution in [2.45, 2.75) is 19.8 Å². The second-order valence-corrected chi connectivity index (χ2v) is 7.18. The number of benzene rings is 1. The van der Waals surface area contributed by atoms with Gasteiger partial charge in [-0.25, -0.2) is 4.39 Å². The highest BCUT2D eigenvalue weighted by Crippen LogP contribution is 2.46. The summed E-state index contributed by atoms with van der Waals surface area (Å²) in [7, 11) is 0. The van der Waals surface area contributed by atoms with Crippen LogP contribution in [0.25, 0.3) is 15.8 Å². The Balaban J connectivity index is 1.92. The topological polar surface area (TPSA) is 15.6 Å². The molecule has 21 heavy (non-hydrogen) atoms. The minimum Gasteiger partial charge on any atom is -0.318 e. The fourth-order valence-electron chi connectivity index (χ4n) is 2.94. The molecule has 1 aromatic carbocycles. The molecular weight excluding hydrogens is 303 g/mol. The zero-order valence-electron chi connectivity index (χ0n) is 11.7. The van der Waals surface area contributed by atoms with Gasteiger partial charge in [0.2, 0.25) is 0 Å². The molecule has 0 saturated heterocycles. The van der Waals surface area contributed by atoms with Gasteiger partial charge in [-0.15, -0.1) is 11.3 Å². The Morgan fingerprint density at radius 1 is 1.33 bits per heavy atom. The summed E-state index contributed by atoms with van der Waals surface area (Å²) in [6, 6.07) is 5.40. The largest absolute Gasteiger partial charge is 0.318 e. The molecule has 0 fully saturated rings. The van der Waals surface area contributed by atoms with Crippen molar-refractivity contribution in [2.24, 2.45) is 4.99 Å². The van der Waals surface area contributed by atoms with Crippen molar-refractivity contribution in [3.63, 3.8) is 0 Å². The van der Waals surface area contributed by atoms with Gasteiger partial charge in [-0.1, -0.05) is 25.1 Å². The van der Waals surface area contributed by atoms with Crippen molar-refractivity contribution < 1.29 is 4.39 Å². The average Bonchev–Trinajstić information content (AvgIpc) is 3.15. The van der Waals surface area contributed by atoms with Crippen LogP contribution < -0.4 is 0 Å². The second kappa shape index (κ2) is 5.14. The minimum absolute atomic E-state index is 0.131. The van der Waals surface area contributed by atoms with Gasteiger partial charge in [0.15, 0.2) is 5.17 Å². The first-order chi connectivity index (χ1) is 10.3. The van der Waals surface area contributed by atoms with Crippen molar-refractivity contribution in [1.82, 2.24) is 4.90 Å². The Hall–Kier alpha value is -1.33. The molecule has 0 amide bonds. The summed E-state index contributed by atoms with van der Waals surface area (Å²) >= 11 is 3.41. The fraction of sp³-hybridized carbons (Fsp3) is 0.312. The number of aliphatic imine (C=N–C) groups is 1. The van der Waals surface area contributed by atoms with Crippen LogP contribution in [0.3, 0.4) is 0 Å². The summed E-state index contributed by atoms with van der Waals surface area (Å²) in [4.78, 5) is 8.26. The summed E-state index contributed by atoms with van der Waals surface area (Å²) in [5.41, 5.74) is 2.41. The molecular formula is C16H15FN2S2. The molecule has 0 radical (unpaired) electrons. The molecule has 3 heterocycles. The number of halogens is 1. The Bertz CT molecular complexity index is 776. The van der Waals surface area contributed by atoms with Gasteiger partial charge in [0.1, 0.15) is 5.82 Å². The molecule has 2 aliphatic heterocycles. The van der Waals surface area contributed by atoms with E-state index >= 15 is 0 Å². The molecule has 2 nitrogen and oxygen atoms in total. The molecule has 0 unspecified atom stereocenters. The highest BCUT2D eigenvalue weighted by Gasteiger charge is 2.33. The number of hydrogen-bond donors (Lipinski definition) is 0. The first-order valence-electron chi connectivity index (χ1n) is 7.18. The van der Waals surface area contributed by atoms with Crippen LogP contribution >= 0.6 is 23.1 Å². The Morgan fingerprint density at radius 3 is 3.10 bits per heavy atom. The lowest BCUT2D eigenvalue weighted by Crippen LogP contribution is -2.20. The van der Waals surface area contributed by atoms with Crippen molar-refractivity contribution >= 4 is 44.0 Å². The third-order valence-electron chi connectivity index (χ3n) is 3.85. The molecule has 0 N–H and O–H groups in total. The Morgan fingerprint density at radius 2 is 2.24 bits per heavy atom. The monoisotopic (exact) mass is 318 g/mol. The number of amidine groups is 1. The van der Waals surface area contributed by atoms with Crippen LogP contribution in [0, 0.1) is 5.82 Å². The van der Waals surface area contributed by atoms with Gasteiger partial charge >= 0.3 is 0 Å². The molecule has 2 aliphatic rings. The molecule has 4 rings (SSSR count). The van der Waals surface area contributed by atoms with E-state index in [4.69, 9.17) is 0 Å². The first-order valence-corrected chi connectivity index (χ1v) is 8.88. The molecule has 2 aromatic rings. The van der Waals surface area contributed by atoms with Crippen LogP contribution in [-0.2, 0) is 0 Å². The Labute approximate surface area is 131 Å². The van der Waals surface area contributed by atoms with E-state index in [1.807, 2.05) is 17.5 Å². The predicted octanol–water partition coefficient (Wildman–Crippen LogP) is 4.93. The smallest absolute Gasteiger partial charge is 0.168 e. The van der Waals surface area contributed by atoms with Crippen LogP contribution in [0.4, 0.5) is 4.39 Å². The van der Waals surface area contributed by atoms with Gasteiger partial charge in [0, 0.05) is 27.1 Å². The summed E-state index contributed by atoms with van der Waals surface area (Å²) in [6.07, 6.45) is 2.17. The lowest BCUT2D eigenvalue weighted by atomic mass is 10.1. The number of thioether (sulfide) groups is 1. The maximum absolute atomic E-state index is 13.9. The molecule has 108 valence electrons. The van der Waals surface area contributed by atoms with Gasteiger partial charge in [-0.3, -0.25) is 4.99 Å². The first kappa shape index (κ1) is 13.3. The number of allylic oxidation sites excluding steroid dienone is 1. The summed E-state index contributed by atoms with van der Waals surface area (Å²) in [5, 5.41) is 3.82. The van der Waals surface area contributed by atoms with Gasteiger partial charge in [0.25, 0.3) is 0 Å². The summed E-state index contributed by atoms with van der Waals surface area (Å²) < 4.78 is 15.0. The molecule has 0 bridgehead atoms. The van der Waals surface area contributed by atoms with Crippen molar-refractivity contribution in [3.05, 3.63) is 39.9 Å². The van der Waals surface area contributed by atoms with Crippen molar-refractivity contribution in [2.75, 3.05) is 13.1 Å². The normalized spacial score (nSPS) is 17.8. The van der Waals surface area contributed by atoms with Crippen LogP contribution in [0.15, 0.2) is 33.5 Å². The van der Waals surface area contributed by atoms with E-state index in [1.54, 1.807) is 29.2 Å². The standard InChI is InChI=1S/C16H15FN2S2/c1-2-3-13-14(19-8-7-18-16(19)21-13)11-4-5-12(17)10-6-9-20-15(10)11/h4-6,9H,2-3,7-8H2,1H3. The SMILES string of the molecule is CCCC1=C(c2ccc(F)c3ccsc23)N2CCN=C2S1. The molecule has 0 atom stereocenters. The number of hydrogen-bond acceptors (Lipinski definition) is 4. The molecule has 1 aromatic heterocycles. The maximum Gasteiger partial charge on any atom is 0.168 e. The maximum atomic E-state index is 13.9. The van der Waals surface area contributed by atoms with E-state index < -0.39 is 0 Å². The number of fused-ring (bicyclic) bond motifs is 2. The fourth-order valence-corrected chi connectivity index (χ4v) is 5.15. The zero-order chi connectivity index (χ0) is 14.4. The number of nitrogens with zero attached hydrogens (tertiary/aromatic N) is 2. The van der Waals surface area contributed by atoms with Gasteiger partial charge in [-0.2, -0.15) is 0 Å². The zero-order valence-corrected chi connectivity index (χ0v) is 13.4. The molecule has 0 saturated carbocycles. The lowest BCUT2D eigenvalue weighted by molar-refractivity contribution is 0.637. The predicted molar refractivity (Wildman–Crippen MR) is 90.2 cm³/mol. The third kappa shape index (κ3) is 2.02. The van der Waals surface area contributed by atoms with E-state index in [1.165, 1.54) is 10.6 Å². The second-order valence-electron chi connectivity index (χ2n) is 5.20. The van der Waals surface area contributed by atoms with Gasteiger partial charge < -0.3 is 4.90 Å².